The van der Waals surface area contributed by atoms with Gasteiger partial charge in [-0.2, -0.15) is 0 Å². The van der Waals surface area contributed by atoms with E-state index in [0.29, 0.717) is 11.6 Å². The Labute approximate surface area is 186 Å². The van der Waals surface area contributed by atoms with E-state index in [4.69, 9.17) is 21.1 Å². The summed E-state index contributed by atoms with van der Waals surface area (Å²) in [4.78, 5) is 18.8. The fourth-order valence-electron chi connectivity index (χ4n) is 4.36. The van der Waals surface area contributed by atoms with Crippen molar-refractivity contribution in [1.29, 1.82) is 0 Å². The fraction of sp³-hybridized carbons (Fsp3) is 0.360. The number of piperidine rings is 1. The van der Waals surface area contributed by atoms with Gasteiger partial charge < -0.3 is 14.4 Å². The van der Waals surface area contributed by atoms with Crippen molar-refractivity contribution in [3.05, 3.63) is 59.8 Å². The Balaban J connectivity index is 1.19. The van der Waals surface area contributed by atoms with Crippen LogP contribution in [0.2, 0.25) is 5.02 Å². The van der Waals surface area contributed by atoms with Crippen molar-refractivity contribution in [1.82, 2.24) is 9.88 Å². The Hall–Kier alpha value is -2.63. The number of likely N-dealkylation sites (tertiary alicyclic amines) is 1. The Kier molecular flexibility index (Phi) is 5.79. The van der Waals surface area contributed by atoms with Gasteiger partial charge in [-0.3, -0.25) is 9.78 Å². The monoisotopic (exact) mass is 436 g/mol. The minimum Gasteiger partial charge on any atom is -0.490 e. The largest absolute Gasteiger partial charge is 0.490 e. The highest BCUT2D eigenvalue weighted by Crippen LogP contribution is 2.28. The summed E-state index contributed by atoms with van der Waals surface area (Å²) in [7, 11) is 0. The van der Waals surface area contributed by atoms with Gasteiger partial charge >= 0.3 is 0 Å². The molecule has 5 nitrogen and oxygen atoms in total. The molecule has 6 heteroatoms. The number of benzene rings is 2. The highest BCUT2D eigenvalue weighted by molar-refractivity contribution is 6.31. The summed E-state index contributed by atoms with van der Waals surface area (Å²) in [5.74, 6) is 1.01. The van der Waals surface area contributed by atoms with Crippen molar-refractivity contribution < 1.29 is 14.3 Å². The number of halogens is 1. The number of ether oxygens (including phenoxy) is 2. The number of hydrogen-bond donors (Lipinski definition) is 0. The first-order valence-corrected chi connectivity index (χ1v) is 11.3. The van der Waals surface area contributed by atoms with Gasteiger partial charge in [-0.25, -0.2) is 0 Å². The van der Waals surface area contributed by atoms with E-state index >= 15 is 0 Å². The van der Waals surface area contributed by atoms with E-state index in [1.807, 2.05) is 29.2 Å². The van der Waals surface area contributed by atoms with Crippen LogP contribution in [0.3, 0.4) is 0 Å². The molecule has 1 amide bonds. The molecule has 2 aliphatic rings. The summed E-state index contributed by atoms with van der Waals surface area (Å²) in [6, 6.07) is 16.3. The molecule has 0 N–H and O–H groups in total. The molecule has 0 bridgehead atoms. The van der Waals surface area contributed by atoms with Gasteiger partial charge in [0.05, 0.1) is 10.5 Å². The smallest absolute Gasteiger partial charge is 0.251 e. The van der Waals surface area contributed by atoms with Gasteiger partial charge in [0, 0.05) is 44.1 Å². The predicted molar refractivity (Wildman–Crippen MR) is 121 cm³/mol. The number of fused-ring (bicyclic) bond motifs is 1. The van der Waals surface area contributed by atoms with Crippen LogP contribution in [0.15, 0.2) is 54.7 Å². The lowest BCUT2D eigenvalue weighted by atomic mass is 10.0. The maximum Gasteiger partial charge on any atom is 0.251 e. The number of rotatable bonds is 4. The molecule has 5 rings (SSSR count). The zero-order chi connectivity index (χ0) is 21.2. The van der Waals surface area contributed by atoms with Crippen LogP contribution in [0.4, 0.5) is 0 Å². The SMILES string of the molecule is O=C(C1CCCO1)N1CCC(Oc2ccc(-c3ccc4cc(Cl)cnc4c3)cc2)CC1. The molecule has 160 valence electrons. The molecule has 3 aromatic rings. The predicted octanol–water partition coefficient (Wildman–Crippen LogP) is 5.10. The molecular formula is C25H25ClN2O3. The Morgan fingerprint density at radius 1 is 1.03 bits per heavy atom. The molecule has 1 atom stereocenters. The average molecular weight is 437 g/mol. The van der Waals surface area contributed by atoms with Gasteiger partial charge in [0.25, 0.3) is 5.91 Å². The Morgan fingerprint density at radius 3 is 2.55 bits per heavy atom. The van der Waals surface area contributed by atoms with Gasteiger partial charge in [0.1, 0.15) is 18.0 Å². The standard InChI is InChI=1S/C25H25ClN2O3/c26-20-14-19-4-3-18(15-23(19)27-16-20)17-5-7-21(8-6-17)31-22-9-11-28(12-10-22)25(29)24-2-1-13-30-24/h3-8,14-16,22,24H,1-2,9-13H2. The molecule has 1 aromatic heterocycles. The van der Waals surface area contributed by atoms with Gasteiger partial charge in [-0.05, 0) is 48.2 Å². The minimum atomic E-state index is -0.229. The van der Waals surface area contributed by atoms with E-state index in [1.54, 1.807) is 6.20 Å². The van der Waals surface area contributed by atoms with Crippen LogP contribution < -0.4 is 4.74 Å². The molecule has 0 radical (unpaired) electrons. The molecule has 0 saturated carbocycles. The van der Waals surface area contributed by atoms with Crippen molar-refractivity contribution >= 4 is 28.4 Å². The molecule has 3 heterocycles. The number of hydrogen-bond acceptors (Lipinski definition) is 4. The summed E-state index contributed by atoms with van der Waals surface area (Å²) in [5.41, 5.74) is 3.14. The Bertz CT molecular complexity index is 1070. The lowest BCUT2D eigenvalue weighted by Gasteiger charge is -2.33. The molecule has 0 spiro atoms. The summed E-state index contributed by atoms with van der Waals surface area (Å²) in [6.07, 6.45) is 5.10. The van der Waals surface area contributed by atoms with Crippen molar-refractivity contribution in [3.8, 4) is 16.9 Å². The molecule has 2 fully saturated rings. The average Bonchev–Trinajstić information content (AvgIpc) is 3.34. The van der Waals surface area contributed by atoms with Gasteiger partial charge in [0.15, 0.2) is 0 Å². The molecule has 0 aliphatic carbocycles. The normalized spacial score (nSPS) is 19.6. The van der Waals surface area contributed by atoms with Crippen LogP contribution in [0.25, 0.3) is 22.0 Å². The summed E-state index contributed by atoms with van der Waals surface area (Å²) in [5, 5.41) is 1.67. The number of carbonyl (C=O) groups excluding carboxylic acids is 1. The van der Waals surface area contributed by atoms with Crippen LogP contribution in [0.5, 0.6) is 5.75 Å². The third kappa shape index (κ3) is 4.53. The second-order valence-electron chi connectivity index (χ2n) is 8.23. The van der Waals surface area contributed by atoms with Gasteiger partial charge in [-0.15, -0.1) is 0 Å². The first-order valence-electron chi connectivity index (χ1n) is 10.9. The van der Waals surface area contributed by atoms with Crippen LogP contribution in [0.1, 0.15) is 25.7 Å². The number of amides is 1. The van der Waals surface area contributed by atoms with Gasteiger partial charge in [-0.1, -0.05) is 35.9 Å². The van der Waals surface area contributed by atoms with Crippen LogP contribution >= 0.6 is 11.6 Å². The van der Waals surface area contributed by atoms with Crippen molar-refractivity contribution in [2.75, 3.05) is 19.7 Å². The van der Waals surface area contributed by atoms with Crippen molar-refractivity contribution in [2.24, 2.45) is 0 Å². The molecule has 2 aromatic carbocycles. The van der Waals surface area contributed by atoms with Crippen LogP contribution in [-0.4, -0.2) is 47.7 Å². The fourth-order valence-corrected chi connectivity index (χ4v) is 4.53. The van der Waals surface area contributed by atoms with E-state index in [0.717, 1.165) is 66.6 Å². The van der Waals surface area contributed by atoms with Crippen molar-refractivity contribution in [3.63, 3.8) is 0 Å². The van der Waals surface area contributed by atoms with E-state index in [2.05, 4.69) is 29.2 Å². The number of aromatic nitrogens is 1. The highest BCUT2D eigenvalue weighted by atomic mass is 35.5. The maximum absolute atomic E-state index is 12.5. The minimum absolute atomic E-state index is 0.133. The first-order chi connectivity index (χ1) is 15.2. The molecule has 1 unspecified atom stereocenters. The lowest BCUT2D eigenvalue weighted by Crippen LogP contribution is -2.45. The van der Waals surface area contributed by atoms with E-state index < -0.39 is 0 Å². The summed E-state index contributed by atoms with van der Waals surface area (Å²) >= 11 is 6.02. The van der Waals surface area contributed by atoms with Crippen LogP contribution in [-0.2, 0) is 9.53 Å². The summed E-state index contributed by atoms with van der Waals surface area (Å²) < 4.78 is 11.7. The Morgan fingerprint density at radius 2 is 1.81 bits per heavy atom. The highest BCUT2D eigenvalue weighted by Gasteiger charge is 2.31. The number of pyridine rings is 1. The maximum atomic E-state index is 12.5. The van der Waals surface area contributed by atoms with E-state index in [-0.39, 0.29) is 18.1 Å². The van der Waals surface area contributed by atoms with Crippen LogP contribution in [0, 0.1) is 0 Å². The van der Waals surface area contributed by atoms with Gasteiger partial charge in [0.2, 0.25) is 0 Å². The molecular weight excluding hydrogens is 412 g/mol. The lowest BCUT2D eigenvalue weighted by molar-refractivity contribution is -0.142. The first kappa shape index (κ1) is 20.3. The topological polar surface area (TPSA) is 51.7 Å². The number of nitrogens with zero attached hydrogens (tertiary/aromatic N) is 2. The second kappa shape index (κ2) is 8.85. The molecule has 2 aliphatic heterocycles. The van der Waals surface area contributed by atoms with E-state index in [9.17, 15) is 4.79 Å². The zero-order valence-electron chi connectivity index (χ0n) is 17.3. The quantitative estimate of drug-likeness (QED) is 0.570. The third-order valence-corrected chi connectivity index (χ3v) is 6.31. The third-order valence-electron chi connectivity index (χ3n) is 6.10. The van der Waals surface area contributed by atoms with Crippen molar-refractivity contribution in [2.45, 2.75) is 37.9 Å². The van der Waals surface area contributed by atoms with E-state index in [1.165, 1.54) is 0 Å². The zero-order valence-corrected chi connectivity index (χ0v) is 18.1. The number of carbonyl (C=O) groups is 1. The summed E-state index contributed by atoms with van der Waals surface area (Å²) in [6.45, 7) is 2.17. The molecule has 31 heavy (non-hydrogen) atoms. The second-order valence-corrected chi connectivity index (χ2v) is 8.67. The molecule has 2 saturated heterocycles.